The molecule has 0 radical (unpaired) electrons. The molecule has 1 atom stereocenters. The average Bonchev–Trinajstić information content (AvgIpc) is 2.85. The van der Waals surface area contributed by atoms with Gasteiger partial charge in [0.05, 0.1) is 19.8 Å². The van der Waals surface area contributed by atoms with E-state index in [1.807, 2.05) is 44.2 Å². The first-order chi connectivity index (χ1) is 9.13. The van der Waals surface area contributed by atoms with Crippen LogP contribution < -0.4 is 10.1 Å². The molecule has 4 nitrogen and oxygen atoms in total. The van der Waals surface area contributed by atoms with E-state index in [0.29, 0.717) is 5.75 Å². The molecule has 0 aliphatic heterocycles. The Morgan fingerprint density at radius 3 is 2.68 bits per heavy atom. The van der Waals surface area contributed by atoms with Crippen LogP contribution in [0.1, 0.15) is 30.0 Å². The van der Waals surface area contributed by atoms with Crippen LogP contribution in [-0.2, 0) is 6.61 Å². The van der Waals surface area contributed by atoms with Crippen molar-refractivity contribution < 1.29 is 14.3 Å². The van der Waals surface area contributed by atoms with Crippen LogP contribution in [0.3, 0.4) is 0 Å². The average molecular weight is 261 g/mol. The zero-order chi connectivity index (χ0) is 13.8. The molecule has 1 aromatic heterocycles. The molecule has 0 fully saturated rings. The van der Waals surface area contributed by atoms with Gasteiger partial charge in [-0.1, -0.05) is 0 Å². The first-order valence-electron chi connectivity index (χ1n) is 6.24. The van der Waals surface area contributed by atoms with Crippen LogP contribution in [0.2, 0.25) is 0 Å². The maximum absolute atomic E-state index is 9.30. The number of nitrogens with one attached hydrogen (secondary N) is 1. The van der Waals surface area contributed by atoms with Gasteiger partial charge in [-0.15, -0.1) is 0 Å². The fraction of sp³-hybridized carbons (Fsp3) is 0.333. The van der Waals surface area contributed by atoms with Crippen LogP contribution in [0.5, 0.6) is 5.75 Å². The van der Waals surface area contributed by atoms with E-state index < -0.39 is 0 Å². The van der Waals surface area contributed by atoms with E-state index in [-0.39, 0.29) is 12.6 Å². The van der Waals surface area contributed by atoms with E-state index in [2.05, 4.69) is 5.32 Å². The van der Waals surface area contributed by atoms with Gasteiger partial charge < -0.3 is 19.6 Å². The van der Waals surface area contributed by atoms with Crippen LogP contribution in [0.25, 0.3) is 0 Å². The van der Waals surface area contributed by atoms with E-state index in [9.17, 15) is 5.11 Å². The Morgan fingerprint density at radius 2 is 2.11 bits per heavy atom. The number of ether oxygens (including phenoxy) is 1. The molecular formula is C15H19NO3. The number of hydrogen-bond acceptors (Lipinski definition) is 4. The summed E-state index contributed by atoms with van der Waals surface area (Å²) in [6.07, 6.45) is 0. The lowest BCUT2D eigenvalue weighted by molar-refractivity contribution is 0.274. The third kappa shape index (κ3) is 3.09. The number of aliphatic hydroxyl groups is 1. The molecule has 2 rings (SSSR count). The summed E-state index contributed by atoms with van der Waals surface area (Å²) in [6.45, 7) is 3.90. The molecule has 0 aliphatic rings. The number of anilines is 1. The number of aliphatic hydroxyl groups excluding tert-OH is 1. The highest BCUT2D eigenvalue weighted by molar-refractivity contribution is 5.52. The van der Waals surface area contributed by atoms with Gasteiger partial charge in [0.15, 0.2) is 0 Å². The molecule has 1 unspecified atom stereocenters. The van der Waals surface area contributed by atoms with Gasteiger partial charge in [-0.3, -0.25) is 0 Å². The Balaban J connectivity index is 2.14. The standard InChI is InChI=1S/C15H19NO3/c1-10-4-6-14(19-10)11(2)16-13-5-7-15(18-3)12(8-13)9-17/h4-8,11,16-17H,9H2,1-3H3. The Hall–Kier alpha value is -1.94. The number of rotatable bonds is 5. The molecule has 0 spiro atoms. The summed E-state index contributed by atoms with van der Waals surface area (Å²) in [5.41, 5.74) is 1.68. The minimum Gasteiger partial charge on any atom is -0.496 e. The fourth-order valence-electron chi connectivity index (χ4n) is 2.00. The number of methoxy groups -OCH3 is 1. The first-order valence-corrected chi connectivity index (χ1v) is 6.24. The third-order valence-corrected chi connectivity index (χ3v) is 3.02. The second kappa shape index (κ2) is 5.80. The van der Waals surface area contributed by atoms with Crippen LogP contribution in [0.4, 0.5) is 5.69 Å². The van der Waals surface area contributed by atoms with Crippen molar-refractivity contribution in [3.8, 4) is 5.75 Å². The third-order valence-electron chi connectivity index (χ3n) is 3.02. The number of hydrogen-bond donors (Lipinski definition) is 2. The molecule has 0 amide bonds. The number of benzene rings is 1. The largest absolute Gasteiger partial charge is 0.496 e. The van der Waals surface area contributed by atoms with E-state index in [0.717, 1.165) is 22.8 Å². The van der Waals surface area contributed by atoms with Gasteiger partial charge in [0.2, 0.25) is 0 Å². The topological polar surface area (TPSA) is 54.6 Å². The van der Waals surface area contributed by atoms with Gasteiger partial charge in [0.1, 0.15) is 17.3 Å². The summed E-state index contributed by atoms with van der Waals surface area (Å²) in [4.78, 5) is 0. The van der Waals surface area contributed by atoms with E-state index in [4.69, 9.17) is 9.15 Å². The van der Waals surface area contributed by atoms with E-state index in [1.165, 1.54) is 0 Å². The Morgan fingerprint density at radius 1 is 1.32 bits per heavy atom. The van der Waals surface area contributed by atoms with Gasteiger partial charge >= 0.3 is 0 Å². The molecule has 4 heteroatoms. The van der Waals surface area contributed by atoms with Crippen molar-refractivity contribution >= 4 is 5.69 Å². The molecule has 1 heterocycles. The van der Waals surface area contributed by atoms with E-state index >= 15 is 0 Å². The molecule has 102 valence electrons. The fourth-order valence-corrected chi connectivity index (χ4v) is 2.00. The monoisotopic (exact) mass is 261 g/mol. The lowest BCUT2D eigenvalue weighted by Crippen LogP contribution is -2.06. The predicted molar refractivity (Wildman–Crippen MR) is 74.4 cm³/mol. The molecule has 0 bridgehead atoms. The van der Waals surface area contributed by atoms with Crippen molar-refractivity contribution in [2.24, 2.45) is 0 Å². The summed E-state index contributed by atoms with van der Waals surface area (Å²) >= 11 is 0. The highest BCUT2D eigenvalue weighted by atomic mass is 16.5. The lowest BCUT2D eigenvalue weighted by atomic mass is 10.1. The Labute approximate surface area is 113 Å². The van der Waals surface area contributed by atoms with Crippen molar-refractivity contribution in [3.05, 3.63) is 47.4 Å². The summed E-state index contributed by atoms with van der Waals surface area (Å²) in [6, 6.07) is 9.61. The SMILES string of the molecule is COc1ccc(NC(C)c2ccc(C)o2)cc1CO. The Kier molecular flexibility index (Phi) is 4.12. The summed E-state index contributed by atoms with van der Waals surface area (Å²) in [7, 11) is 1.59. The van der Waals surface area contributed by atoms with Crippen molar-refractivity contribution in [2.75, 3.05) is 12.4 Å². The molecule has 0 saturated heterocycles. The van der Waals surface area contributed by atoms with Gasteiger partial charge in [-0.2, -0.15) is 0 Å². The molecule has 2 N–H and O–H groups in total. The molecule has 0 saturated carbocycles. The highest BCUT2D eigenvalue weighted by Gasteiger charge is 2.10. The quantitative estimate of drug-likeness (QED) is 0.867. The predicted octanol–water partition coefficient (Wildman–Crippen LogP) is 3.26. The minimum atomic E-state index is -0.0487. The second-order valence-electron chi connectivity index (χ2n) is 4.50. The molecule has 2 aromatic rings. The van der Waals surface area contributed by atoms with Crippen molar-refractivity contribution in [1.29, 1.82) is 0 Å². The lowest BCUT2D eigenvalue weighted by Gasteiger charge is -2.15. The molecule has 19 heavy (non-hydrogen) atoms. The second-order valence-corrected chi connectivity index (χ2v) is 4.50. The zero-order valence-corrected chi connectivity index (χ0v) is 11.4. The maximum Gasteiger partial charge on any atom is 0.126 e. The number of aryl methyl sites for hydroxylation is 1. The molecule has 0 aliphatic carbocycles. The zero-order valence-electron chi connectivity index (χ0n) is 11.4. The van der Waals surface area contributed by atoms with Gasteiger partial charge in [-0.05, 0) is 44.2 Å². The molecule has 1 aromatic carbocycles. The van der Waals surface area contributed by atoms with Crippen LogP contribution >= 0.6 is 0 Å². The molecular weight excluding hydrogens is 242 g/mol. The van der Waals surface area contributed by atoms with Crippen molar-refractivity contribution in [3.63, 3.8) is 0 Å². The Bertz CT molecular complexity index is 548. The van der Waals surface area contributed by atoms with Gasteiger partial charge in [0.25, 0.3) is 0 Å². The summed E-state index contributed by atoms with van der Waals surface area (Å²) in [5, 5.41) is 12.6. The summed E-state index contributed by atoms with van der Waals surface area (Å²) in [5.74, 6) is 2.47. The van der Waals surface area contributed by atoms with Gasteiger partial charge in [0, 0.05) is 11.3 Å². The van der Waals surface area contributed by atoms with Crippen LogP contribution in [0.15, 0.2) is 34.7 Å². The van der Waals surface area contributed by atoms with Crippen molar-refractivity contribution in [1.82, 2.24) is 0 Å². The first kappa shape index (κ1) is 13.5. The van der Waals surface area contributed by atoms with Crippen LogP contribution in [0, 0.1) is 6.92 Å². The van der Waals surface area contributed by atoms with Crippen LogP contribution in [-0.4, -0.2) is 12.2 Å². The smallest absolute Gasteiger partial charge is 0.126 e. The maximum atomic E-state index is 9.30. The van der Waals surface area contributed by atoms with Crippen molar-refractivity contribution in [2.45, 2.75) is 26.5 Å². The minimum absolute atomic E-state index is 0.0487. The van der Waals surface area contributed by atoms with Gasteiger partial charge in [-0.25, -0.2) is 0 Å². The highest BCUT2D eigenvalue weighted by Crippen LogP contribution is 2.26. The number of furan rings is 1. The van der Waals surface area contributed by atoms with E-state index in [1.54, 1.807) is 7.11 Å². The summed E-state index contributed by atoms with van der Waals surface area (Å²) < 4.78 is 10.8. The normalized spacial score (nSPS) is 12.2.